The van der Waals surface area contributed by atoms with Gasteiger partial charge in [-0.3, -0.25) is 4.79 Å². The second-order valence-electron chi connectivity index (χ2n) is 5.90. The molecule has 1 aliphatic rings. The SMILES string of the molecule is O=C(NCc1ccc(N2CCCCC2)cc1)c1ccc(I)cc1. The number of hydrogen-bond donors (Lipinski definition) is 1. The van der Waals surface area contributed by atoms with E-state index in [9.17, 15) is 4.79 Å². The van der Waals surface area contributed by atoms with Gasteiger partial charge in [0.15, 0.2) is 0 Å². The Hall–Kier alpha value is -1.56. The minimum Gasteiger partial charge on any atom is -0.372 e. The first-order chi connectivity index (χ1) is 11.2. The molecule has 0 saturated carbocycles. The summed E-state index contributed by atoms with van der Waals surface area (Å²) in [6, 6.07) is 16.2. The van der Waals surface area contributed by atoms with Crippen molar-refractivity contribution in [2.24, 2.45) is 0 Å². The number of hydrogen-bond acceptors (Lipinski definition) is 2. The first-order valence-electron chi connectivity index (χ1n) is 8.10. The van der Waals surface area contributed by atoms with Crippen molar-refractivity contribution in [3.05, 3.63) is 63.2 Å². The average molecular weight is 420 g/mol. The fourth-order valence-electron chi connectivity index (χ4n) is 2.86. The second-order valence-corrected chi connectivity index (χ2v) is 7.15. The Morgan fingerprint density at radius 3 is 2.26 bits per heavy atom. The van der Waals surface area contributed by atoms with Crippen LogP contribution in [0.5, 0.6) is 0 Å². The van der Waals surface area contributed by atoms with E-state index in [2.05, 4.69) is 57.1 Å². The molecule has 0 aromatic heterocycles. The molecule has 1 amide bonds. The zero-order chi connectivity index (χ0) is 16.1. The lowest BCUT2D eigenvalue weighted by Crippen LogP contribution is -2.29. The van der Waals surface area contributed by atoms with Crippen LogP contribution in [0.15, 0.2) is 48.5 Å². The first-order valence-corrected chi connectivity index (χ1v) is 9.18. The Labute approximate surface area is 151 Å². The maximum Gasteiger partial charge on any atom is 0.251 e. The Morgan fingerprint density at radius 2 is 1.61 bits per heavy atom. The second kappa shape index (κ2) is 7.81. The van der Waals surface area contributed by atoms with E-state index in [-0.39, 0.29) is 5.91 Å². The van der Waals surface area contributed by atoms with Gasteiger partial charge >= 0.3 is 0 Å². The normalized spacial score (nSPS) is 14.6. The highest BCUT2D eigenvalue weighted by atomic mass is 127. The minimum atomic E-state index is -0.0264. The van der Waals surface area contributed by atoms with E-state index in [4.69, 9.17) is 0 Å². The zero-order valence-corrected chi connectivity index (χ0v) is 15.3. The van der Waals surface area contributed by atoms with E-state index in [1.54, 1.807) is 0 Å². The molecule has 4 heteroatoms. The Balaban J connectivity index is 1.55. The molecule has 1 heterocycles. The minimum absolute atomic E-state index is 0.0264. The summed E-state index contributed by atoms with van der Waals surface area (Å²) in [5.41, 5.74) is 3.12. The molecule has 0 bridgehead atoms. The Kier molecular flexibility index (Phi) is 5.54. The largest absolute Gasteiger partial charge is 0.372 e. The molecule has 1 saturated heterocycles. The van der Waals surface area contributed by atoms with Gasteiger partial charge in [0.2, 0.25) is 0 Å². The lowest BCUT2D eigenvalue weighted by atomic mass is 10.1. The smallest absolute Gasteiger partial charge is 0.251 e. The summed E-state index contributed by atoms with van der Waals surface area (Å²) < 4.78 is 1.13. The zero-order valence-electron chi connectivity index (χ0n) is 13.1. The molecule has 23 heavy (non-hydrogen) atoms. The van der Waals surface area contributed by atoms with Gasteiger partial charge in [0.1, 0.15) is 0 Å². The molecular weight excluding hydrogens is 399 g/mol. The summed E-state index contributed by atoms with van der Waals surface area (Å²) in [4.78, 5) is 14.6. The average Bonchev–Trinajstić information content (AvgIpc) is 2.61. The van der Waals surface area contributed by atoms with Gasteiger partial charge in [-0.1, -0.05) is 12.1 Å². The van der Waals surface area contributed by atoms with Crippen LogP contribution in [0.4, 0.5) is 5.69 Å². The lowest BCUT2D eigenvalue weighted by molar-refractivity contribution is 0.0951. The van der Waals surface area contributed by atoms with Crippen molar-refractivity contribution in [1.29, 1.82) is 0 Å². The number of nitrogens with zero attached hydrogens (tertiary/aromatic N) is 1. The molecule has 0 aliphatic carbocycles. The van der Waals surface area contributed by atoms with Gasteiger partial charge in [-0.25, -0.2) is 0 Å². The van der Waals surface area contributed by atoms with Gasteiger partial charge in [-0.05, 0) is 83.8 Å². The Bertz CT molecular complexity index is 646. The number of amides is 1. The van der Waals surface area contributed by atoms with Crippen LogP contribution < -0.4 is 10.2 Å². The van der Waals surface area contributed by atoms with Crippen LogP contribution in [0, 0.1) is 3.57 Å². The predicted octanol–water partition coefficient (Wildman–Crippen LogP) is 4.21. The number of carbonyl (C=O) groups excluding carboxylic acids is 1. The number of piperidine rings is 1. The van der Waals surface area contributed by atoms with Crippen molar-refractivity contribution >= 4 is 34.2 Å². The van der Waals surface area contributed by atoms with E-state index >= 15 is 0 Å². The third-order valence-electron chi connectivity index (χ3n) is 4.22. The topological polar surface area (TPSA) is 32.3 Å². The van der Waals surface area contributed by atoms with Crippen LogP contribution in [-0.2, 0) is 6.54 Å². The molecule has 1 aliphatic heterocycles. The number of carbonyl (C=O) groups is 1. The quantitative estimate of drug-likeness (QED) is 0.752. The van der Waals surface area contributed by atoms with E-state index in [1.165, 1.54) is 24.9 Å². The third kappa shape index (κ3) is 4.47. The van der Waals surface area contributed by atoms with Crippen molar-refractivity contribution in [3.63, 3.8) is 0 Å². The van der Waals surface area contributed by atoms with Gasteiger partial charge in [0.25, 0.3) is 5.91 Å². The van der Waals surface area contributed by atoms with E-state index in [1.807, 2.05) is 24.3 Å². The van der Waals surface area contributed by atoms with Gasteiger partial charge in [-0.2, -0.15) is 0 Å². The van der Waals surface area contributed by atoms with Crippen molar-refractivity contribution in [3.8, 4) is 0 Å². The van der Waals surface area contributed by atoms with E-state index in [0.29, 0.717) is 12.1 Å². The maximum atomic E-state index is 12.1. The van der Waals surface area contributed by atoms with Crippen LogP contribution in [0.3, 0.4) is 0 Å². The number of benzene rings is 2. The molecular formula is C19H21IN2O. The third-order valence-corrected chi connectivity index (χ3v) is 4.94. The van der Waals surface area contributed by atoms with Crippen molar-refractivity contribution in [2.45, 2.75) is 25.8 Å². The number of rotatable bonds is 4. The molecule has 0 radical (unpaired) electrons. The van der Waals surface area contributed by atoms with Gasteiger partial charge < -0.3 is 10.2 Å². The van der Waals surface area contributed by atoms with Crippen LogP contribution in [-0.4, -0.2) is 19.0 Å². The molecule has 2 aromatic rings. The highest BCUT2D eigenvalue weighted by Crippen LogP contribution is 2.20. The highest BCUT2D eigenvalue weighted by Gasteiger charge is 2.10. The fourth-order valence-corrected chi connectivity index (χ4v) is 3.22. The van der Waals surface area contributed by atoms with Crippen molar-refractivity contribution in [2.75, 3.05) is 18.0 Å². The molecule has 0 unspecified atom stereocenters. The van der Waals surface area contributed by atoms with Crippen molar-refractivity contribution < 1.29 is 4.79 Å². The van der Waals surface area contributed by atoms with Crippen LogP contribution in [0.1, 0.15) is 35.2 Å². The predicted molar refractivity (Wildman–Crippen MR) is 103 cm³/mol. The summed E-state index contributed by atoms with van der Waals surface area (Å²) in [7, 11) is 0. The monoisotopic (exact) mass is 420 g/mol. The molecule has 3 rings (SSSR count). The molecule has 1 N–H and O–H groups in total. The lowest BCUT2D eigenvalue weighted by Gasteiger charge is -2.28. The molecule has 0 atom stereocenters. The standard InChI is InChI=1S/C19H21IN2O/c20-17-8-6-16(7-9-17)19(23)21-14-15-4-10-18(11-5-15)22-12-2-1-3-13-22/h4-11H,1-3,12-14H2,(H,21,23). The first kappa shape index (κ1) is 16.3. The van der Waals surface area contributed by atoms with Crippen LogP contribution >= 0.6 is 22.6 Å². The molecule has 120 valence electrons. The maximum absolute atomic E-state index is 12.1. The van der Waals surface area contributed by atoms with Gasteiger partial charge in [0, 0.05) is 34.5 Å². The number of anilines is 1. The van der Waals surface area contributed by atoms with Crippen LogP contribution in [0.2, 0.25) is 0 Å². The molecule has 2 aromatic carbocycles. The Morgan fingerprint density at radius 1 is 0.957 bits per heavy atom. The summed E-state index contributed by atoms with van der Waals surface area (Å²) in [5, 5.41) is 2.98. The van der Waals surface area contributed by atoms with Crippen LogP contribution in [0.25, 0.3) is 0 Å². The van der Waals surface area contributed by atoms with Gasteiger partial charge in [0.05, 0.1) is 0 Å². The number of halogens is 1. The number of nitrogens with one attached hydrogen (secondary N) is 1. The fraction of sp³-hybridized carbons (Fsp3) is 0.316. The summed E-state index contributed by atoms with van der Waals surface area (Å²) in [6.45, 7) is 2.87. The van der Waals surface area contributed by atoms with Gasteiger partial charge in [-0.15, -0.1) is 0 Å². The molecule has 0 spiro atoms. The van der Waals surface area contributed by atoms with Crippen molar-refractivity contribution in [1.82, 2.24) is 5.32 Å². The molecule has 1 fully saturated rings. The summed E-state index contributed by atoms with van der Waals surface area (Å²) in [5.74, 6) is -0.0264. The summed E-state index contributed by atoms with van der Waals surface area (Å²) >= 11 is 2.24. The summed E-state index contributed by atoms with van der Waals surface area (Å²) in [6.07, 6.45) is 3.92. The van der Waals surface area contributed by atoms with E-state index < -0.39 is 0 Å². The molecule has 3 nitrogen and oxygen atoms in total. The highest BCUT2D eigenvalue weighted by molar-refractivity contribution is 14.1. The van der Waals surface area contributed by atoms with E-state index in [0.717, 1.165) is 22.2 Å².